The number of hydrogen-bond acceptors (Lipinski definition) is 6. The first-order chi connectivity index (χ1) is 11.3. The van der Waals surface area contributed by atoms with Crippen LogP contribution in [0.1, 0.15) is 5.82 Å². The second-order valence-corrected chi connectivity index (χ2v) is 5.82. The Kier molecular flexibility index (Phi) is 3.66. The van der Waals surface area contributed by atoms with Crippen LogP contribution in [0.4, 0.5) is 5.82 Å². The number of nitrogens with zero attached hydrogens (tertiary/aromatic N) is 8. The van der Waals surface area contributed by atoms with Crippen molar-refractivity contribution in [2.24, 2.45) is 0 Å². The van der Waals surface area contributed by atoms with E-state index in [9.17, 15) is 0 Å². The molecule has 8 heteroatoms. The second kappa shape index (κ2) is 5.96. The van der Waals surface area contributed by atoms with Crippen molar-refractivity contribution < 1.29 is 0 Å². The lowest BCUT2D eigenvalue weighted by Crippen LogP contribution is -2.47. The summed E-state index contributed by atoms with van der Waals surface area (Å²) in [4.78, 5) is 9.05. The highest BCUT2D eigenvalue weighted by molar-refractivity contribution is 5.46. The summed E-state index contributed by atoms with van der Waals surface area (Å²) in [6, 6.07) is 4.07. The molecule has 120 valence electrons. The van der Waals surface area contributed by atoms with Crippen LogP contribution in [0.2, 0.25) is 0 Å². The maximum atomic E-state index is 4.62. The number of piperazine rings is 1. The molecule has 0 radical (unpaired) electrons. The third kappa shape index (κ3) is 2.89. The average Bonchev–Trinajstić information content (AvgIpc) is 3.21. The van der Waals surface area contributed by atoms with Crippen molar-refractivity contribution >= 4 is 11.5 Å². The molecule has 1 aliphatic rings. The zero-order chi connectivity index (χ0) is 15.6. The van der Waals surface area contributed by atoms with Crippen LogP contribution in [-0.4, -0.2) is 67.0 Å². The first kappa shape index (κ1) is 14.1. The molecule has 1 fully saturated rings. The minimum atomic E-state index is 0.886. The number of rotatable bonds is 4. The SMILES string of the molecule is Cc1nncn1CCN1CCN(c2ccc3nccn3n2)CC1. The van der Waals surface area contributed by atoms with E-state index in [1.165, 1.54) is 0 Å². The van der Waals surface area contributed by atoms with Crippen LogP contribution in [0.15, 0.2) is 30.9 Å². The fourth-order valence-corrected chi connectivity index (χ4v) is 2.96. The minimum absolute atomic E-state index is 0.886. The Morgan fingerprint density at radius 2 is 1.96 bits per heavy atom. The Hall–Kier alpha value is -2.48. The molecule has 0 unspecified atom stereocenters. The maximum Gasteiger partial charge on any atom is 0.153 e. The Bertz CT molecular complexity index is 783. The molecular weight excluding hydrogens is 292 g/mol. The van der Waals surface area contributed by atoms with Crippen LogP contribution in [0.5, 0.6) is 0 Å². The van der Waals surface area contributed by atoms with Crippen LogP contribution < -0.4 is 4.90 Å². The van der Waals surface area contributed by atoms with Gasteiger partial charge in [0.15, 0.2) is 5.65 Å². The van der Waals surface area contributed by atoms with Crippen molar-refractivity contribution in [1.29, 1.82) is 0 Å². The molecule has 0 atom stereocenters. The number of hydrogen-bond donors (Lipinski definition) is 0. The maximum absolute atomic E-state index is 4.62. The lowest BCUT2D eigenvalue weighted by Gasteiger charge is -2.35. The van der Waals surface area contributed by atoms with E-state index < -0.39 is 0 Å². The van der Waals surface area contributed by atoms with Gasteiger partial charge in [0.05, 0.1) is 0 Å². The summed E-state index contributed by atoms with van der Waals surface area (Å²) in [5.74, 6) is 1.99. The molecule has 0 spiro atoms. The van der Waals surface area contributed by atoms with Gasteiger partial charge in [0.25, 0.3) is 0 Å². The molecule has 0 bridgehead atoms. The second-order valence-electron chi connectivity index (χ2n) is 5.82. The summed E-state index contributed by atoms with van der Waals surface area (Å²) in [6.07, 6.45) is 5.46. The lowest BCUT2D eigenvalue weighted by atomic mass is 10.3. The summed E-state index contributed by atoms with van der Waals surface area (Å²) in [5, 5.41) is 12.6. The van der Waals surface area contributed by atoms with Crippen molar-refractivity contribution in [2.45, 2.75) is 13.5 Å². The van der Waals surface area contributed by atoms with Crippen LogP contribution >= 0.6 is 0 Å². The van der Waals surface area contributed by atoms with Gasteiger partial charge < -0.3 is 9.47 Å². The molecule has 0 saturated carbocycles. The Balaban J connectivity index is 1.34. The van der Waals surface area contributed by atoms with Gasteiger partial charge in [-0.3, -0.25) is 4.90 Å². The summed E-state index contributed by atoms with van der Waals surface area (Å²) in [5.41, 5.74) is 0.886. The Morgan fingerprint density at radius 1 is 1.09 bits per heavy atom. The molecule has 0 aromatic carbocycles. The van der Waals surface area contributed by atoms with Crippen molar-refractivity contribution in [1.82, 2.24) is 34.3 Å². The highest BCUT2D eigenvalue weighted by Crippen LogP contribution is 2.14. The van der Waals surface area contributed by atoms with Gasteiger partial charge in [0.1, 0.15) is 18.0 Å². The van der Waals surface area contributed by atoms with Crippen molar-refractivity contribution in [3.63, 3.8) is 0 Å². The van der Waals surface area contributed by atoms with E-state index in [-0.39, 0.29) is 0 Å². The smallest absolute Gasteiger partial charge is 0.153 e. The standard InChI is InChI=1S/C15H20N8/c1-13-18-17-12-22(13)11-8-20-6-9-21(10-7-20)15-3-2-14-16-4-5-23(14)19-15/h2-5,12H,6-11H2,1H3. The molecule has 0 amide bonds. The minimum Gasteiger partial charge on any atom is -0.353 e. The van der Waals surface area contributed by atoms with E-state index in [0.717, 1.165) is 56.6 Å². The van der Waals surface area contributed by atoms with E-state index in [1.807, 2.05) is 23.7 Å². The molecule has 1 saturated heterocycles. The highest BCUT2D eigenvalue weighted by atomic mass is 15.4. The quantitative estimate of drug-likeness (QED) is 0.697. The van der Waals surface area contributed by atoms with Gasteiger partial charge in [0.2, 0.25) is 0 Å². The largest absolute Gasteiger partial charge is 0.353 e. The topological polar surface area (TPSA) is 67.4 Å². The normalized spacial score (nSPS) is 16.3. The van der Waals surface area contributed by atoms with Crippen molar-refractivity contribution in [2.75, 3.05) is 37.6 Å². The molecule has 0 N–H and O–H groups in total. The zero-order valence-corrected chi connectivity index (χ0v) is 13.2. The monoisotopic (exact) mass is 312 g/mol. The molecule has 23 heavy (non-hydrogen) atoms. The molecule has 3 aromatic rings. The molecule has 1 aliphatic heterocycles. The highest BCUT2D eigenvalue weighted by Gasteiger charge is 2.18. The van der Waals surface area contributed by atoms with Gasteiger partial charge in [0, 0.05) is 51.7 Å². The molecule has 3 aromatic heterocycles. The zero-order valence-electron chi connectivity index (χ0n) is 13.2. The number of aromatic nitrogens is 6. The fraction of sp³-hybridized carbons (Fsp3) is 0.467. The lowest BCUT2D eigenvalue weighted by molar-refractivity contribution is 0.247. The van der Waals surface area contributed by atoms with Gasteiger partial charge in [-0.05, 0) is 19.1 Å². The predicted octanol–water partition coefficient (Wildman–Crippen LogP) is 0.451. The first-order valence-electron chi connectivity index (χ1n) is 7.92. The number of fused-ring (bicyclic) bond motifs is 1. The van der Waals surface area contributed by atoms with Gasteiger partial charge in [-0.2, -0.15) is 0 Å². The third-order valence-corrected chi connectivity index (χ3v) is 4.40. The summed E-state index contributed by atoms with van der Waals surface area (Å²) >= 11 is 0. The summed E-state index contributed by atoms with van der Waals surface area (Å²) in [7, 11) is 0. The van der Waals surface area contributed by atoms with Gasteiger partial charge in [-0.15, -0.1) is 15.3 Å². The van der Waals surface area contributed by atoms with E-state index >= 15 is 0 Å². The molecular formula is C15H20N8. The molecule has 4 rings (SSSR count). The molecule has 8 nitrogen and oxygen atoms in total. The first-order valence-corrected chi connectivity index (χ1v) is 7.92. The van der Waals surface area contributed by atoms with E-state index in [0.29, 0.717) is 0 Å². The third-order valence-electron chi connectivity index (χ3n) is 4.40. The van der Waals surface area contributed by atoms with Crippen LogP contribution in [-0.2, 0) is 6.54 Å². The number of imidazole rings is 1. The Morgan fingerprint density at radius 3 is 2.74 bits per heavy atom. The average molecular weight is 312 g/mol. The van der Waals surface area contributed by atoms with Crippen molar-refractivity contribution in [3.8, 4) is 0 Å². The molecule has 0 aliphatic carbocycles. The van der Waals surface area contributed by atoms with Crippen LogP contribution in [0.3, 0.4) is 0 Å². The summed E-state index contributed by atoms with van der Waals surface area (Å²) in [6.45, 7) is 8.04. The van der Waals surface area contributed by atoms with Gasteiger partial charge in [-0.25, -0.2) is 9.50 Å². The van der Waals surface area contributed by atoms with Crippen molar-refractivity contribution in [3.05, 3.63) is 36.7 Å². The summed E-state index contributed by atoms with van der Waals surface area (Å²) < 4.78 is 3.93. The fourth-order valence-electron chi connectivity index (χ4n) is 2.96. The molecule has 4 heterocycles. The van der Waals surface area contributed by atoms with E-state index in [4.69, 9.17) is 0 Å². The Labute approximate surface area is 134 Å². The number of anilines is 1. The van der Waals surface area contributed by atoms with Gasteiger partial charge in [-0.1, -0.05) is 0 Å². The van der Waals surface area contributed by atoms with Crippen LogP contribution in [0, 0.1) is 6.92 Å². The van der Waals surface area contributed by atoms with E-state index in [1.54, 1.807) is 12.5 Å². The van der Waals surface area contributed by atoms with Gasteiger partial charge >= 0.3 is 0 Å². The predicted molar refractivity (Wildman–Crippen MR) is 86.4 cm³/mol. The van der Waals surface area contributed by atoms with Crippen LogP contribution in [0.25, 0.3) is 5.65 Å². The number of aryl methyl sites for hydroxylation is 1. The van der Waals surface area contributed by atoms with E-state index in [2.05, 4.69) is 40.7 Å².